The lowest BCUT2D eigenvalue weighted by molar-refractivity contribution is -0.118. The Balaban J connectivity index is 4.59. The molecule has 13 heavy (non-hydrogen) atoms. The van der Waals surface area contributed by atoms with Gasteiger partial charge in [-0.25, -0.2) is 0 Å². The van der Waals surface area contributed by atoms with Crippen molar-refractivity contribution in [3.05, 3.63) is 11.5 Å². The molecule has 0 atom stereocenters. The quantitative estimate of drug-likeness (QED) is 0.504. The van der Waals surface area contributed by atoms with Crippen LogP contribution in [0.3, 0.4) is 0 Å². The highest BCUT2D eigenvalue weighted by molar-refractivity contribution is 7.90. The summed E-state index contributed by atoms with van der Waals surface area (Å²) in [6.45, 7) is 8.01. The van der Waals surface area contributed by atoms with E-state index in [1.54, 1.807) is 20.8 Å². The van der Waals surface area contributed by atoms with Gasteiger partial charge in [0.1, 0.15) is 0 Å². The average Bonchev–Trinajstić information content (AvgIpc) is 1.79. The van der Waals surface area contributed by atoms with E-state index in [0.29, 0.717) is 0 Å². The fourth-order valence-electron chi connectivity index (χ4n) is 0.527. The van der Waals surface area contributed by atoms with Crippen LogP contribution in [0.15, 0.2) is 11.5 Å². The molecule has 2 N–H and O–H groups in total. The van der Waals surface area contributed by atoms with Crippen LogP contribution < -0.4 is 5.32 Å². The van der Waals surface area contributed by atoms with Crippen LogP contribution in [-0.4, -0.2) is 24.4 Å². The minimum Gasteiger partial charge on any atom is -0.347 e. The molecule has 0 saturated carbocycles. The second-order valence-electron chi connectivity index (χ2n) is 3.60. The molecular weight excluding hydrogens is 194 g/mol. The molecule has 0 heterocycles. The molecule has 76 valence electrons. The van der Waals surface area contributed by atoms with Gasteiger partial charge >= 0.3 is 0 Å². The van der Waals surface area contributed by atoms with E-state index in [0.717, 1.165) is 0 Å². The van der Waals surface area contributed by atoms with Gasteiger partial charge in [-0.3, -0.25) is 9.35 Å². The van der Waals surface area contributed by atoms with Gasteiger partial charge in [0.05, 0.1) is 0 Å². The topological polar surface area (TPSA) is 83.5 Å². The largest absolute Gasteiger partial charge is 0.347 e. The van der Waals surface area contributed by atoms with E-state index in [4.69, 9.17) is 4.55 Å². The third-order valence-corrected chi connectivity index (χ3v) is 1.86. The molecule has 0 spiro atoms. The zero-order valence-electron chi connectivity index (χ0n) is 7.79. The van der Waals surface area contributed by atoms with Crippen molar-refractivity contribution in [3.8, 4) is 0 Å². The maximum atomic E-state index is 11.1. The van der Waals surface area contributed by atoms with Gasteiger partial charge in [0.15, 0.2) is 4.91 Å². The molecule has 0 bridgehead atoms. The summed E-state index contributed by atoms with van der Waals surface area (Å²) in [5, 5.41) is 2.35. The third kappa shape index (κ3) is 4.64. The van der Waals surface area contributed by atoms with Crippen LogP contribution in [0.1, 0.15) is 20.8 Å². The van der Waals surface area contributed by atoms with Crippen molar-refractivity contribution < 1.29 is 17.8 Å². The lowest BCUT2D eigenvalue weighted by Crippen LogP contribution is -2.42. The summed E-state index contributed by atoms with van der Waals surface area (Å²) in [4.78, 5) is 10.2. The van der Waals surface area contributed by atoms with Crippen molar-refractivity contribution in [2.75, 3.05) is 0 Å². The molecule has 0 saturated heterocycles. The van der Waals surface area contributed by atoms with Crippen LogP contribution in [-0.2, 0) is 14.9 Å². The predicted octanol–water partition coefficient (Wildman–Crippen LogP) is 0.303. The maximum absolute atomic E-state index is 11.1. The molecule has 0 radical (unpaired) electrons. The number of carbonyl (C=O) groups is 1. The second kappa shape index (κ2) is 3.47. The van der Waals surface area contributed by atoms with E-state index in [9.17, 15) is 13.2 Å². The number of hydrogen-bond donors (Lipinski definition) is 2. The van der Waals surface area contributed by atoms with Gasteiger partial charge in [-0.15, -0.1) is 0 Å². The first-order chi connectivity index (χ1) is 5.54. The Hall–Kier alpha value is -0.880. The summed E-state index contributed by atoms with van der Waals surface area (Å²) in [6.07, 6.45) is 0. The summed E-state index contributed by atoms with van der Waals surface area (Å²) in [7, 11) is -4.48. The first kappa shape index (κ1) is 12.1. The highest BCUT2D eigenvalue weighted by atomic mass is 32.2. The van der Waals surface area contributed by atoms with E-state index in [2.05, 4.69) is 11.9 Å². The lowest BCUT2D eigenvalue weighted by atomic mass is 10.1. The fraction of sp³-hybridized carbons (Fsp3) is 0.571. The molecule has 0 aromatic carbocycles. The van der Waals surface area contributed by atoms with Gasteiger partial charge in [0, 0.05) is 5.54 Å². The van der Waals surface area contributed by atoms with E-state index in [1.165, 1.54) is 0 Å². The van der Waals surface area contributed by atoms with Crippen molar-refractivity contribution >= 4 is 16.0 Å². The first-order valence-electron chi connectivity index (χ1n) is 3.53. The summed E-state index contributed by atoms with van der Waals surface area (Å²) < 4.78 is 29.4. The van der Waals surface area contributed by atoms with Crippen molar-refractivity contribution in [1.29, 1.82) is 0 Å². The fourth-order valence-corrected chi connectivity index (χ4v) is 0.813. The third-order valence-electron chi connectivity index (χ3n) is 1.05. The first-order valence-corrected chi connectivity index (χ1v) is 4.97. The second-order valence-corrected chi connectivity index (χ2v) is 5.05. The average molecular weight is 207 g/mol. The molecule has 0 unspecified atom stereocenters. The Morgan fingerprint density at radius 3 is 2.00 bits per heavy atom. The minimum atomic E-state index is -4.48. The number of rotatable bonds is 2. The van der Waals surface area contributed by atoms with Gasteiger partial charge in [-0.2, -0.15) is 8.42 Å². The SMILES string of the molecule is C=C(C(=O)NC(C)(C)C)S(=O)(=O)O. The van der Waals surface area contributed by atoms with E-state index in [1.807, 2.05) is 0 Å². The molecule has 5 nitrogen and oxygen atoms in total. The van der Waals surface area contributed by atoms with Gasteiger partial charge in [-0.1, -0.05) is 6.58 Å². The van der Waals surface area contributed by atoms with E-state index in [-0.39, 0.29) is 0 Å². The molecule has 0 aromatic heterocycles. The molecule has 0 aromatic rings. The van der Waals surface area contributed by atoms with Crippen molar-refractivity contribution in [1.82, 2.24) is 5.32 Å². The van der Waals surface area contributed by atoms with Crippen molar-refractivity contribution in [3.63, 3.8) is 0 Å². The maximum Gasteiger partial charge on any atom is 0.299 e. The van der Waals surface area contributed by atoms with Crippen LogP contribution in [0.2, 0.25) is 0 Å². The predicted molar refractivity (Wildman–Crippen MR) is 48.6 cm³/mol. The molecule has 0 aliphatic rings. The molecule has 0 fully saturated rings. The van der Waals surface area contributed by atoms with Crippen molar-refractivity contribution in [2.24, 2.45) is 0 Å². The number of carbonyl (C=O) groups excluding carboxylic acids is 1. The highest BCUT2D eigenvalue weighted by Gasteiger charge is 2.23. The summed E-state index contributed by atoms with van der Waals surface area (Å²) in [5.41, 5.74) is -0.565. The van der Waals surface area contributed by atoms with Crippen LogP contribution in [0.5, 0.6) is 0 Å². The molecule has 6 heteroatoms. The molecule has 0 aliphatic heterocycles. The Morgan fingerprint density at radius 2 is 1.77 bits per heavy atom. The summed E-state index contributed by atoms with van der Waals surface area (Å²) in [5.74, 6) is -0.894. The Kier molecular flexibility index (Phi) is 3.23. The standard InChI is InChI=1S/C7H13NO4S/c1-5(13(10,11)12)6(9)8-7(2,3)4/h1H2,2-4H3,(H,8,9)(H,10,11,12). The van der Waals surface area contributed by atoms with Crippen LogP contribution in [0.4, 0.5) is 0 Å². The Labute approximate surface area is 77.6 Å². The van der Waals surface area contributed by atoms with Crippen LogP contribution in [0, 0.1) is 0 Å². The molecule has 0 rings (SSSR count). The number of hydrogen-bond acceptors (Lipinski definition) is 3. The van der Waals surface area contributed by atoms with Gasteiger partial charge in [0.2, 0.25) is 0 Å². The van der Waals surface area contributed by atoms with E-state index >= 15 is 0 Å². The highest BCUT2D eigenvalue weighted by Crippen LogP contribution is 2.05. The monoisotopic (exact) mass is 207 g/mol. The van der Waals surface area contributed by atoms with Crippen LogP contribution in [0.25, 0.3) is 0 Å². The molecule has 1 amide bonds. The van der Waals surface area contributed by atoms with Crippen molar-refractivity contribution in [2.45, 2.75) is 26.3 Å². The Bertz CT molecular complexity index is 323. The smallest absolute Gasteiger partial charge is 0.299 e. The van der Waals surface area contributed by atoms with Gasteiger partial charge < -0.3 is 5.32 Å². The molecule has 0 aliphatic carbocycles. The van der Waals surface area contributed by atoms with Crippen LogP contribution >= 0.6 is 0 Å². The minimum absolute atomic E-state index is 0.565. The number of nitrogens with one attached hydrogen (secondary N) is 1. The van der Waals surface area contributed by atoms with E-state index < -0.39 is 26.5 Å². The molecular formula is C7H13NO4S. The zero-order chi connectivity index (χ0) is 10.9. The summed E-state index contributed by atoms with van der Waals surface area (Å²) >= 11 is 0. The normalized spacial score (nSPS) is 12.3. The summed E-state index contributed by atoms with van der Waals surface area (Å²) in [6, 6.07) is 0. The van der Waals surface area contributed by atoms with Gasteiger partial charge in [0.25, 0.3) is 16.0 Å². The lowest BCUT2D eigenvalue weighted by Gasteiger charge is -2.20. The van der Waals surface area contributed by atoms with Gasteiger partial charge in [-0.05, 0) is 20.8 Å². The Morgan fingerprint density at radius 1 is 1.38 bits per heavy atom. The number of amides is 1. The zero-order valence-corrected chi connectivity index (χ0v) is 8.60.